The number of aliphatic hydroxyl groups is 1. The summed E-state index contributed by atoms with van der Waals surface area (Å²) in [7, 11) is 2.10. The first-order valence-electron chi connectivity index (χ1n) is 17.2. The molecule has 0 spiro atoms. The van der Waals surface area contributed by atoms with Crippen molar-refractivity contribution in [3.05, 3.63) is 77.6 Å². The van der Waals surface area contributed by atoms with Crippen LogP contribution in [-0.4, -0.2) is 65.9 Å². The van der Waals surface area contributed by atoms with Crippen LogP contribution < -0.4 is 20.7 Å². The standard InChI is InChI=1S/C37H50FN5O4S/c1-27-12-15-31(48-43(2)22-8-7-20-41-36(45)40-19-6-5-9-29(44)26-46-38)23-28(27)24-42-37(17-18-37)34-25-39-21-16-32(34)33-10-3-4-11-35(33)47-30-13-14-30/h3-4,10-12,15-16,21,23,25,29-30,42,44H,5-9,13-14,17-20,22,24,26H2,1-2H3,(H2,40,41,45). The van der Waals surface area contributed by atoms with E-state index >= 15 is 0 Å². The Hall–Kier alpha value is -3.22. The highest BCUT2D eigenvalue weighted by atomic mass is 32.2. The molecule has 1 atom stereocenters. The predicted octanol–water partition coefficient (Wildman–Crippen LogP) is 6.83. The molecule has 3 aromatic rings. The van der Waals surface area contributed by atoms with Gasteiger partial charge in [0, 0.05) is 54.6 Å². The first-order chi connectivity index (χ1) is 23.4. The minimum Gasteiger partial charge on any atom is -0.490 e. The molecule has 1 heterocycles. The number of carbonyl (C=O) groups is 1. The minimum absolute atomic E-state index is 0.0934. The van der Waals surface area contributed by atoms with Crippen molar-refractivity contribution in [2.75, 3.05) is 33.3 Å². The lowest BCUT2D eigenvalue weighted by Crippen LogP contribution is -2.36. The number of aromatic nitrogens is 1. The lowest BCUT2D eigenvalue weighted by molar-refractivity contribution is -0.158. The van der Waals surface area contributed by atoms with Gasteiger partial charge in [0.05, 0.1) is 12.2 Å². The highest BCUT2D eigenvalue weighted by Crippen LogP contribution is 2.50. The lowest BCUT2D eigenvalue weighted by Gasteiger charge is -2.23. The number of urea groups is 1. The fourth-order valence-electron chi connectivity index (χ4n) is 5.81. The number of para-hydroxylation sites is 1. The molecule has 0 saturated heterocycles. The Balaban J connectivity index is 1.05. The van der Waals surface area contributed by atoms with Crippen LogP contribution in [0, 0.1) is 6.92 Å². The van der Waals surface area contributed by atoms with Gasteiger partial charge >= 0.3 is 6.03 Å². The van der Waals surface area contributed by atoms with E-state index in [1.807, 2.05) is 18.5 Å². The summed E-state index contributed by atoms with van der Waals surface area (Å²) in [5.74, 6) is 0.958. The van der Waals surface area contributed by atoms with E-state index < -0.39 is 6.10 Å². The molecular weight excluding hydrogens is 630 g/mol. The zero-order chi connectivity index (χ0) is 33.8. The summed E-state index contributed by atoms with van der Waals surface area (Å²) in [5, 5.41) is 19.1. The molecule has 5 rings (SSSR count). The van der Waals surface area contributed by atoms with Crippen molar-refractivity contribution in [1.29, 1.82) is 0 Å². The summed E-state index contributed by atoms with van der Waals surface area (Å²) >= 11 is 1.74. The number of unbranched alkanes of at least 4 members (excludes halogenated alkanes) is 2. The van der Waals surface area contributed by atoms with E-state index in [-0.39, 0.29) is 18.2 Å². The molecule has 4 N–H and O–H groups in total. The van der Waals surface area contributed by atoms with E-state index in [4.69, 9.17) is 4.74 Å². The van der Waals surface area contributed by atoms with Gasteiger partial charge in [0.1, 0.15) is 12.4 Å². The number of nitrogens with one attached hydrogen (secondary N) is 3. The Morgan fingerprint density at radius 3 is 2.60 bits per heavy atom. The third-order valence-corrected chi connectivity index (χ3v) is 9.93. The van der Waals surface area contributed by atoms with E-state index in [1.165, 1.54) is 27.1 Å². The molecule has 0 aliphatic heterocycles. The van der Waals surface area contributed by atoms with E-state index in [0.29, 0.717) is 38.5 Å². The molecule has 48 heavy (non-hydrogen) atoms. The van der Waals surface area contributed by atoms with Crippen LogP contribution in [0.1, 0.15) is 74.5 Å². The maximum absolute atomic E-state index is 12.0. The molecule has 2 amide bonds. The Labute approximate surface area is 288 Å². The maximum Gasteiger partial charge on any atom is 0.314 e. The van der Waals surface area contributed by atoms with Crippen LogP contribution in [0.2, 0.25) is 0 Å². The van der Waals surface area contributed by atoms with Gasteiger partial charge in [-0.2, -0.15) is 4.94 Å². The summed E-state index contributed by atoms with van der Waals surface area (Å²) in [6.45, 7) is 4.66. The molecule has 2 saturated carbocycles. The Bertz CT molecular complexity index is 1470. The fraction of sp³-hybridized carbons (Fsp3) is 0.514. The molecule has 0 bridgehead atoms. The van der Waals surface area contributed by atoms with Crippen molar-refractivity contribution >= 4 is 18.0 Å². The summed E-state index contributed by atoms with van der Waals surface area (Å²) in [6.07, 6.45) is 11.6. The van der Waals surface area contributed by atoms with Crippen molar-refractivity contribution in [2.45, 2.75) is 93.9 Å². The number of hydrogen-bond donors (Lipinski definition) is 4. The zero-order valence-corrected chi connectivity index (χ0v) is 29.0. The van der Waals surface area contributed by atoms with Crippen LogP contribution >= 0.6 is 11.9 Å². The maximum atomic E-state index is 12.0. The van der Waals surface area contributed by atoms with Crippen LogP contribution in [-0.2, 0) is 17.0 Å². The van der Waals surface area contributed by atoms with Gasteiger partial charge in [-0.15, -0.1) is 0 Å². The van der Waals surface area contributed by atoms with Gasteiger partial charge in [-0.05, 0) is 135 Å². The molecular formula is C37H50FN5O4S. The first kappa shape index (κ1) is 36.1. The number of nitrogens with zero attached hydrogens (tertiary/aromatic N) is 2. The van der Waals surface area contributed by atoms with Crippen LogP contribution in [0.5, 0.6) is 5.75 Å². The van der Waals surface area contributed by atoms with E-state index in [9.17, 15) is 14.4 Å². The lowest BCUT2D eigenvalue weighted by atomic mass is 9.94. The molecule has 2 aliphatic rings. The number of aryl methyl sites for hydroxylation is 1. The Kier molecular flexibility index (Phi) is 13.5. The average molecular weight is 680 g/mol. The molecule has 260 valence electrons. The smallest absolute Gasteiger partial charge is 0.314 e. The number of pyridine rings is 1. The quantitative estimate of drug-likeness (QED) is 0.0718. The second kappa shape index (κ2) is 18.0. The van der Waals surface area contributed by atoms with Crippen molar-refractivity contribution < 1.29 is 24.1 Å². The summed E-state index contributed by atoms with van der Waals surface area (Å²) in [4.78, 5) is 21.2. The molecule has 2 aliphatic carbocycles. The SMILES string of the molecule is Cc1ccc(SN(C)CCCCNC(=O)NCCCCC(O)COF)cc1CNC1(c2cnccc2-c2ccccc2OC2CC2)CC1. The largest absolute Gasteiger partial charge is 0.490 e. The molecule has 11 heteroatoms. The Morgan fingerprint density at radius 2 is 1.85 bits per heavy atom. The molecule has 0 radical (unpaired) electrons. The van der Waals surface area contributed by atoms with Gasteiger partial charge in [0.25, 0.3) is 0 Å². The topological polar surface area (TPSA) is 108 Å². The number of amides is 2. The highest BCUT2D eigenvalue weighted by Gasteiger charge is 2.45. The number of aliphatic hydroxyl groups excluding tert-OH is 1. The average Bonchev–Trinajstić information content (AvgIpc) is 4.03. The van der Waals surface area contributed by atoms with Crippen molar-refractivity contribution in [1.82, 2.24) is 25.2 Å². The second-order valence-electron chi connectivity index (χ2n) is 13.0. The van der Waals surface area contributed by atoms with Crippen molar-refractivity contribution in [2.24, 2.45) is 0 Å². The highest BCUT2D eigenvalue weighted by molar-refractivity contribution is 7.97. The van der Waals surface area contributed by atoms with Crippen LogP contribution in [0.15, 0.2) is 65.8 Å². The molecule has 1 aromatic heterocycles. The third kappa shape index (κ3) is 10.9. The van der Waals surface area contributed by atoms with Crippen LogP contribution in [0.25, 0.3) is 11.1 Å². The summed E-state index contributed by atoms with van der Waals surface area (Å²) < 4.78 is 20.2. The molecule has 2 fully saturated rings. The van der Waals surface area contributed by atoms with E-state index in [1.54, 1.807) is 11.9 Å². The summed E-state index contributed by atoms with van der Waals surface area (Å²) in [5.41, 5.74) is 6.05. The van der Waals surface area contributed by atoms with Crippen molar-refractivity contribution in [3.63, 3.8) is 0 Å². The second-order valence-corrected chi connectivity index (χ2v) is 14.3. The summed E-state index contributed by atoms with van der Waals surface area (Å²) in [6, 6.07) is 17.0. The van der Waals surface area contributed by atoms with Crippen LogP contribution in [0.4, 0.5) is 9.32 Å². The number of ether oxygens (including phenoxy) is 1. The minimum atomic E-state index is -0.807. The van der Waals surface area contributed by atoms with E-state index in [2.05, 4.69) is 86.6 Å². The number of carbonyl (C=O) groups excluding carboxylic acids is 1. The first-order valence-corrected chi connectivity index (χ1v) is 18.0. The van der Waals surface area contributed by atoms with E-state index in [0.717, 1.165) is 62.9 Å². The molecule has 1 unspecified atom stereocenters. The number of rotatable bonds is 21. The monoisotopic (exact) mass is 679 g/mol. The van der Waals surface area contributed by atoms with Crippen LogP contribution in [0.3, 0.4) is 0 Å². The van der Waals surface area contributed by atoms with Gasteiger partial charge in [-0.1, -0.05) is 24.3 Å². The fourth-order valence-corrected chi connectivity index (χ4v) is 6.71. The number of benzene rings is 2. The number of hydrogen-bond acceptors (Lipinski definition) is 8. The van der Waals surface area contributed by atoms with Crippen molar-refractivity contribution in [3.8, 4) is 16.9 Å². The third-order valence-electron chi connectivity index (χ3n) is 8.97. The van der Waals surface area contributed by atoms with Gasteiger partial charge in [-0.3, -0.25) is 4.98 Å². The van der Waals surface area contributed by atoms with Gasteiger partial charge < -0.3 is 25.8 Å². The normalized spacial score (nSPS) is 15.7. The number of halogens is 1. The Morgan fingerprint density at radius 1 is 1.08 bits per heavy atom. The molecule has 2 aromatic carbocycles. The van der Waals surface area contributed by atoms with Gasteiger partial charge in [0.2, 0.25) is 0 Å². The van der Waals surface area contributed by atoms with Gasteiger partial charge in [0.15, 0.2) is 0 Å². The molecule has 9 nitrogen and oxygen atoms in total. The predicted molar refractivity (Wildman–Crippen MR) is 188 cm³/mol. The zero-order valence-electron chi connectivity index (χ0n) is 28.2. The van der Waals surface area contributed by atoms with Gasteiger partial charge in [-0.25, -0.2) is 9.10 Å².